The van der Waals surface area contributed by atoms with Crippen LogP contribution in [0, 0.1) is 28.1 Å². The molecule has 1 unspecified atom stereocenters. The zero-order valence-corrected chi connectivity index (χ0v) is 22.4. The molecule has 0 amide bonds. The third kappa shape index (κ3) is 6.58. The van der Waals surface area contributed by atoms with Gasteiger partial charge in [-0.05, 0) is 80.3 Å². The lowest BCUT2D eigenvalue weighted by atomic mass is 9.79. The van der Waals surface area contributed by atoms with Gasteiger partial charge in [0.25, 0.3) is 0 Å². The zero-order chi connectivity index (χ0) is 27.1. The number of hydrogen-bond donors (Lipinski definition) is 3. The van der Waals surface area contributed by atoms with E-state index in [1.807, 2.05) is 80.6 Å². The van der Waals surface area contributed by atoms with Crippen LogP contribution in [0.4, 0.5) is 11.6 Å². The van der Waals surface area contributed by atoms with Crippen molar-refractivity contribution < 1.29 is 0 Å². The molecule has 4 aromatic rings. The fraction of sp³-hybridized carbons (Fsp3) is 0.267. The molecule has 1 heterocycles. The van der Waals surface area contributed by atoms with E-state index in [0.29, 0.717) is 16.5 Å². The second-order valence-corrected chi connectivity index (χ2v) is 10.4. The first-order valence-corrected chi connectivity index (χ1v) is 12.8. The maximum absolute atomic E-state index is 10.1. The topological polar surface area (TPSA) is 113 Å². The van der Waals surface area contributed by atoms with Gasteiger partial charge in [0.15, 0.2) is 0 Å². The molecule has 0 saturated heterocycles. The Morgan fingerprint density at radius 1 is 1.00 bits per heavy atom. The van der Waals surface area contributed by atoms with Crippen LogP contribution in [-0.4, -0.2) is 21.2 Å². The maximum atomic E-state index is 10.1. The number of nitrogens with one attached hydrogen (secondary N) is 3. The van der Waals surface area contributed by atoms with Crippen LogP contribution in [0.25, 0.3) is 0 Å². The van der Waals surface area contributed by atoms with Crippen molar-refractivity contribution in [2.45, 2.75) is 45.2 Å². The fourth-order valence-electron chi connectivity index (χ4n) is 4.62. The van der Waals surface area contributed by atoms with E-state index in [-0.39, 0.29) is 18.0 Å². The molecule has 4 rings (SSSR count). The molecule has 0 aliphatic rings. The number of benzene rings is 3. The Kier molecular flexibility index (Phi) is 8.43. The highest BCUT2D eigenvalue weighted by Crippen LogP contribution is 2.36. The molecular formula is C30H30ClN7. The van der Waals surface area contributed by atoms with Crippen LogP contribution in [0.2, 0.25) is 5.02 Å². The number of hydrogen-bond acceptors (Lipinski definition) is 6. The Hall–Kier alpha value is -4.17. The largest absolute Gasteiger partial charge is 0.323 e. The van der Waals surface area contributed by atoms with Crippen molar-refractivity contribution in [3.05, 3.63) is 106 Å². The molecule has 38 heavy (non-hydrogen) atoms. The van der Waals surface area contributed by atoms with Gasteiger partial charge in [0.2, 0.25) is 5.95 Å². The smallest absolute Gasteiger partial charge is 0.246 e. The molecule has 0 spiro atoms. The van der Waals surface area contributed by atoms with Crippen molar-refractivity contribution in [3.8, 4) is 12.1 Å². The van der Waals surface area contributed by atoms with Crippen LogP contribution in [0.5, 0.6) is 0 Å². The van der Waals surface area contributed by atoms with Crippen molar-refractivity contribution in [3.63, 3.8) is 0 Å². The second kappa shape index (κ2) is 11.9. The van der Waals surface area contributed by atoms with Crippen LogP contribution in [-0.2, 0) is 6.42 Å². The highest BCUT2D eigenvalue weighted by Gasteiger charge is 2.34. The highest BCUT2D eigenvalue weighted by atomic mass is 35.5. The van der Waals surface area contributed by atoms with Gasteiger partial charge < -0.3 is 10.6 Å². The number of rotatable bonds is 10. The molecule has 8 heteroatoms. The van der Waals surface area contributed by atoms with Gasteiger partial charge in [0.1, 0.15) is 6.33 Å². The number of aromatic nitrogens is 3. The summed E-state index contributed by atoms with van der Waals surface area (Å²) in [6.45, 7) is 6.03. The minimum atomic E-state index is -0.688. The first kappa shape index (κ1) is 26.9. The van der Waals surface area contributed by atoms with E-state index >= 15 is 0 Å². The number of H-pyrrole nitrogens is 1. The van der Waals surface area contributed by atoms with Gasteiger partial charge in [0.05, 0.1) is 29.2 Å². The van der Waals surface area contributed by atoms with Crippen molar-refractivity contribution >= 4 is 23.2 Å². The first-order chi connectivity index (χ1) is 18.3. The van der Waals surface area contributed by atoms with Crippen molar-refractivity contribution in [1.82, 2.24) is 20.5 Å². The van der Waals surface area contributed by atoms with E-state index in [0.717, 1.165) is 28.8 Å². The molecule has 3 atom stereocenters. The van der Waals surface area contributed by atoms with Crippen LogP contribution in [0.3, 0.4) is 0 Å². The first-order valence-electron chi connectivity index (χ1n) is 12.4. The molecule has 0 bridgehead atoms. The molecule has 0 saturated carbocycles. The second-order valence-electron chi connectivity index (χ2n) is 9.97. The summed E-state index contributed by atoms with van der Waals surface area (Å²) in [6, 6.07) is 28.0. The van der Waals surface area contributed by atoms with E-state index in [1.54, 1.807) is 0 Å². The lowest BCUT2D eigenvalue weighted by Crippen LogP contribution is -2.42. The van der Waals surface area contributed by atoms with E-state index in [2.05, 4.69) is 50.9 Å². The van der Waals surface area contributed by atoms with Crippen molar-refractivity contribution in [2.75, 3.05) is 5.32 Å². The molecule has 3 N–H and O–H groups in total. The Labute approximate surface area is 228 Å². The van der Waals surface area contributed by atoms with Crippen LogP contribution >= 0.6 is 11.6 Å². The summed E-state index contributed by atoms with van der Waals surface area (Å²) in [7, 11) is 0. The average Bonchev–Trinajstić information content (AvgIpc) is 3.45. The summed E-state index contributed by atoms with van der Waals surface area (Å²) in [5, 5.41) is 33.9. The molecule has 3 aromatic carbocycles. The van der Waals surface area contributed by atoms with Gasteiger partial charge in [-0.1, -0.05) is 48.0 Å². The van der Waals surface area contributed by atoms with Gasteiger partial charge in [0, 0.05) is 22.7 Å². The Morgan fingerprint density at radius 3 is 2.37 bits per heavy atom. The molecular weight excluding hydrogens is 494 g/mol. The monoisotopic (exact) mass is 523 g/mol. The summed E-state index contributed by atoms with van der Waals surface area (Å²) in [4.78, 5) is 4.10. The zero-order valence-electron chi connectivity index (χ0n) is 21.6. The van der Waals surface area contributed by atoms with E-state index in [9.17, 15) is 10.5 Å². The van der Waals surface area contributed by atoms with Crippen molar-refractivity contribution in [2.24, 2.45) is 5.41 Å². The summed E-state index contributed by atoms with van der Waals surface area (Å²) < 4.78 is 0. The SMILES string of the molecule is C[C@H](NC(c1ccc(Nc2nc[nH]n2)cc1)C(C)(C)C#N)[C@@H](Cc1ccc(Cl)cc1)c1cccc(C#N)c1. The Balaban J connectivity index is 1.63. The van der Waals surface area contributed by atoms with E-state index in [1.165, 1.54) is 6.33 Å². The number of nitriles is 2. The number of halogens is 1. The third-order valence-corrected chi connectivity index (χ3v) is 7.02. The predicted molar refractivity (Wildman–Crippen MR) is 150 cm³/mol. The molecule has 0 aliphatic carbocycles. The number of aromatic amines is 1. The highest BCUT2D eigenvalue weighted by molar-refractivity contribution is 6.30. The van der Waals surface area contributed by atoms with Crippen LogP contribution < -0.4 is 10.6 Å². The molecule has 0 fully saturated rings. The predicted octanol–water partition coefficient (Wildman–Crippen LogP) is 6.67. The number of nitrogens with zero attached hydrogens (tertiary/aromatic N) is 4. The summed E-state index contributed by atoms with van der Waals surface area (Å²) >= 11 is 6.13. The quantitative estimate of drug-likeness (QED) is 0.214. The molecule has 0 radical (unpaired) electrons. The third-order valence-electron chi connectivity index (χ3n) is 6.77. The minimum absolute atomic E-state index is 0.0247. The Morgan fingerprint density at radius 2 is 1.74 bits per heavy atom. The van der Waals surface area contributed by atoms with Gasteiger partial charge in [-0.3, -0.25) is 5.10 Å². The van der Waals surface area contributed by atoms with E-state index < -0.39 is 5.41 Å². The fourth-order valence-corrected chi connectivity index (χ4v) is 4.74. The lowest BCUT2D eigenvalue weighted by Gasteiger charge is -2.36. The number of anilines is 2. The molecule has 7 nitrogen and oxygen atoms in total. The summed E-state index contributed by atoms with van der Waals surface area (Å²) in [5.41, 5.74) is 4.00. The lowest BCUT2D eigenvalue weighted by molar-refractivity contribution is 0.281. The van der Waals surface area contributed by atoms with Crippen LogP contribution in [0.1, 0.15) is 55.0 Å². The van der Waals surface area contributed by atoms with E-state index in [4.69, 9.17) is 11.6 Å². The molecule has 192 valence electrons. The standard InChI is InChI=1S/C30H30ClN7/c1-20(27(16-21-7-11-25(31)12-8-21)24-6-4-5-22(15-24)17-32)36-28(30(2,3)18-33)23-9-13-26(14-10-23)37-29-34-19-35-38-29/h4-15,19-20,27-28,36H,16H2,1-3H3,(H2,34,35,37,38)/t20-,27+,28?/m0/s1. The molecule has 1 aromatic heterocycles. The summed E-state index contributed by atoms with van der Waals surface area (Å²) in [6.07, 6.45) is 2.26. The van der Waals surface area contributed by atoms with Gasteiger partial charge >= 0.3 is 0 Å². The average molecular weight is 524 g/mol. The molecule has 0 aliphatic heterocycles. The van der Waals surface area contributed by atoms with Gasteiger partial charge in [-0.2, -0.15) is 10.5 Å². The van der Waals surface area contributed by atoms with Crippen molar-refractivity contribution in [1.29, 1.82) is 10.5 Å². The Bertz CT molecular complexity index is 1420. The van der Waals surface area contributed by atoms with Crippen LogP contribution in [0.15, 0.2) is 79.1 Å². The summed E-state index contributed by atoms with van der Waals surface area (Å²) in [5.74, 6) is 0.538. The maximum Gasteiger partial charge on any atom is 0.246 e. The van der Waals surface area contributed by atoms with Gasteiger partial charge in [-0.25, -0.2) is 4.98 Å². The minimum Gasteiger partial charge on any atom is -0.323 e. The van der Waals surface area contributed by atoms with Gasteiger partial charge in [-0.15, -0.1) is 5.10 Å². The normalized spacial score (nSPS) is 13.6.